The van der Waals surface area contributed by atoms with Gasteiger partial charge in [-0.1, -0.05) is 48.5 Å². The molecule has 0 aliphatic carbocycles. The van der Waals surface area contributed by atoms with Crippen LogP contribution in [0, 0.1) is 0 Å². The summed E-state index contributed by atoms with van der Waals surface area (Å²) in [6.07, 6.45) is 0.568. The van der Waals surface area contributed by atoms with Crippen molar-refractivity contribution in [2.45, 2.75) is 17.4 Å². The number of rotatable bonds is 7. The highest BCUT2D eigenvalue weighted by molar-refractivity contribution is 7.99. The molecule has 0 fully saturated rings. The third-order valence-corrected chi connectivity index (χ3v) is 4.06. The second-order valence-electron chi connectivity index (χ2n) is 4.75. The van der Waals surface area contributed by atoms with Crippen molar-refractivity contribution in [3.05, 3.63) is 66.2 Å². The van der Waals surface area contributed by atoms with E-state index in [1.165, 1.54) is 4.90 Å². The van der Waals surface area contributed by atoms with Crippen LogP contribution in [-0.2, 0) is 11.2 Å². The maximum absolute atomic E-state index is 11.9. The minimum absolute atomic E-state index is 0.0903. The Morgan fingerprint density at radius 2 is 1.67 bits per heavy atom. The molecule has 0 aromatic heterocycles. The highest BCUT2D eigenvalue weighted by Gasteiger charge is 2.13. The molecule has 3 N–H and O–H groups in total. The Kier molecular flexibility index (Phi) is 6.31. The van der Waals surface area contributed by atoms with Crippen LogP contribution in [0.5, 0.6) is 0 Å². The van der Waals surface area contributed by atoms with E-state index in [2.05, 4.69) is 17.4 Å². The van der Waals surface area contributed by atoms with E-state index in [4.69, 9.17) is 5.73 Å². The molecule has 3 nitrogen and oxygen atoms in total. The van der Waals surface area contributed by atoms with Crippen LogP contribution in [0.2, 0.25) is 0 Å². The lowest BCUT2D eigenvalue weighted by Crippen LogP contribution is -2.42. The highest BCUT2D eigenvalue weighted by atomic mass is 32.2. The summed E-state index contributed by atoms with van der Waals surface area (Å²) in [5, 5.41) is 2.89. The smallest absolute Gasteiger partial charge is 0.237 e. The normalized spacial score (nSPS) is 11.9. The minimum atomic E-state index is -0.492. The molecule has 2 aromatic carbocycles. The number of thioether (sulfide) groups is 1. The molecule has 0 unspecified atom stereocenters. The first kappa shape index (κ1) is 15.6. The third kappa shape index (κ3) is 5.61. The number of hydrogen-bond acceptors (Lipinski definition) is 3. The van der Waals surface area contributed by atoms with Gasteiger partial charge in [-0.15, -0.1) is 11.8 Å². The van der Waals surface area contributed by atoms with Crippen molar-refractivity contribution in [2.24, 2.45) is 5.73 Å². The number of nitrogens with one attached hydrogen (secondary N) is 1. The summed E-state index contributed by atoms with van der Waals surface area (Å²) in [6, 6.07) is 19.5. The maximum Gasteiger partial charge on any atom is 0.237 e. The average Bonchev–Trinajstić information content (AvgIpc) is 2.53. The Hall–Kier alpha value is -1.78. The van der Waals surface area contributed by atoms with Gasteiger partial charge in [0.1, 0.15) is 0 Å². The van der Waals surface area contributed by atoms with Gasteiger partial charge in [0.15, 0.2) is 0 Å². The van der Waals surface area contributed by atoms with E-state index in [0.29, 0.717) is 13.0 Å². The molecule has 0 aliphatic rings. The first-order valence-corrected chi connectivity index (χ1v) is 7.99. The summed E-state index contributed by atoms with van der Waals surface area (Å²) in [4.78, 5) is 13.1. The molecule has 0 heterocycles. The highest BCUT2D eigenvalue weighted by Crippen LogP contribution is 2.15. The van der Waals surface area contributed by atoms with E-state index in [0.717, 1.165) is 11.3 Å². The Morgan fingerprint density at radius 3 is 2.33 bits per heavy atom. The van der Waals surface area contributed by atoms with Gasteiger partial charge in [0.2, 0.25) is 5.91 Å². The van der Waals surface area contributed by atoms with Gasteiger partial charge in [-0.05, 0) is 24.1 Å². The Bertz CT molecular complexity index is 545. The topological polar surface area (TPSA) is 55.1 Å². The van der Waals surface area contributed by atoms with Gasteiger partial charge in [-0.25, -0.2) is 0 Å². The van der Waals surface area contributed by atoms with Gasteiger partial charge >= 0.3 is 0 Å². The van der Waals surface area contributed by atoms with Crippen molar-refractivity contribution in [2.75, 3.05) is 12.3 Å². The minimum Gasteiger partial charge on any atom is -0.354 e. The van der Waals surface area contributed by atoms with Crippen LogP contribution in [0.1, 0.15) is 5.56 Å². The van der Waals surface area contributed by atoms with E-state index in [1.807, 2.05) is 48.5 Å². The van der Waals surface area contributed by atoms with Crippen LogP contribution in [0.3, 0.4) is 0 Å². The van der Waals surface area contributed by atoms with Gasteiger partial charge in [0.25, 0.3) is 0 Å². The van der Waals surface area contributed by atoms with Crippen LogP contribution in [0.25, 0.3) is 0 Å². The Labute approximate surface area is 129 Å². The summed E-state index contributed by atoms with van der Waals surface area (Å²) < 4.78 is 0. The molecular formula is C17H20N2OS. The van der Waals surface area contributed by atoms with Crippen molar-refractivity contribution >= 4 is 17.7 Å². The fourth-order valence-electron chi connectivity index (χ4n) is 1.95. The summed E-state index contributed by atoms with van der Waals surface area (Å²) in [5.41, 5.74) is 7.01. The van der Waals surface area contributed by atoms with Gasteiger partial charge < -0.3 is 11.1 Å². The molecule has 0 saturated heterocycles. The van der Waals surface area contributed by atoms with E-state index < -0.39 is 6.04 Å². The zero-order valence-corrected chi connectivity index (χ0v) is 12.7. The fraction of sp³-hybridized carbons (Fsp3) is 0.235. The molecule has 2 rings (SSSR count). The number of carbonyl (C=O) groups excluding carboxylic acids is 1. The largest absolute Gasteiger partial charge is 0.354 e. The van der Waals surface area contributed by atoms with Gasteiger partial charge in [-0.3, -0.25) is 4.79 Å². The van der Waals surface area contributed by atoms with Crippen molar-refractivity contribution < 1.29 is 4.79 Å². The molecule has 0 aliphatic heterocycles. The third-order valence-electron chi connectivity index (χ3n) is 3.05. The predicted octanol–water partition coefficient (Wildman–Crippen LogP) is 2.46. The first-order chi connectivity index (χ1) is 10.3. The van der Waals surface area contributed by atoms with Gasteiger partial charge in [0.05, 0.1) is 6.04 Å². The van der Waals surface area contributed by atoms with Crippen molar-refractivity contribution in [3.63, 3.8) is 0 Å². The van der Waals surface area contributed by atoms with Crippen LogP contribution < -0.4 is 11.1 Å². The molecular weight excluding hydrogens is 280 g/mol. The van der Waals surface area contributed by atoms with E-state index in [-0.39, 0.29) is 5.91 Å². The number of nitrogens with two attached hydrogens (primary N) is 1. The van der Waals surface area contributed by atoms with Crippen molar-refractivity contribution in [1.82, 2.24) is 5.32 Å². The van der Waals surface area contributed by atoms with Gasteiger partial charge in [0, 0.05) is 17.2 Å². The number of hydrogen-bond donors (Lipinski definition) is 2. The molecule has 0 radical (unpaired) electrons. The fourth-order valence-corrected chi connectivity index (χ4v) is 2.74. The number of benzene rings is 2. The van der Waals surface area contributed by atoms with Gasteiger partial charge in [-0.2, -0.15) is 0 Å². The van der Waals surface area contributed by atoms with E-state index in [1.54, 1.807) is 11.8 Å². The maximum atomic E-state index is 11.9. The quantitative estimate of drug-likeness (QED) is 0.610. The van der Waals surface area contributed by atoms with Crippen LogP contribution >= 0.6 is 11.8 Å². The molecule has 21 heavy (non-hydrogen) atoms. The van der Waals surface area contributed by atoms with Crippen molar-refractivity contribution in [1.29, 1.82) is 0 Å². The predicted molar refractivity (Wildman–Crippen MR) is 88.3 cm³/mol. The molecule has 1 atom stereocenters. The second kappa shape index (κ2) is 8.49. The SMILES string of the molecule is N[C@@H](Cc1ccccc1)C(=O)NCCSc1ccccc1. The van der Waals surface area contributed by atoms with Crippen LogP contribution in [0.15, 0.2) is 65.6 Å². The molecule has 0 bridgehead atoms. The molecule has 1 amide bonds. The molecule has 0 saturated carbocycles. The summed E-state index contributed by atoms with van der Waals surface area (Å²) in [7, 11) is 0. The molecule has 110 valence electrons. The second-order valence-corrected chi connectivity index (χ2v) is 5.92. The molecule has 4 heteroatoms. The van der Waals surface area contributed by atoms with E-state index in [9.17, 15) is 4.79 Å². The summed E-state index contributed by atoms with van der Waals surface area (Å²) in [6.45, 7) is 0.626. The zero-order valence-electron chi connectivity index (χ0n) is 11.9. The average molecular weight is 300 g/mol. The Morgan fingerprint density at radius 1 is 1.05 bits per heavy atom. The lowest BCUT2D eigenvalue weighted by Gasteiger charge is -2.12. The van der Waals surface area contributed by atoms with E-state index >= 15 is 0 Å². The molecule has 2 aromatic rings. The van der Waals surface area contributed by atoms with Crippen LogP contribution in [-0.4, -0.2) is 24.2 Å². The zero-order chi connectivity index (χ0) is 14.9. The first-order valence-electron chi connectivity index (χ1n) is 7.01. The lowest BCUT2D eigenvalue weighted by atomic mass is 10.1. The number of carbonyl (C=O) groups is 1. The standard InChI is InChI=1S/C17H20N2OS/c18-16(13-14-7-3-1-4-8-14)17(20)19-11-12-21-15-9-5-2-6-10-15/h1-10,16H,11-13,18H2,(H,19,20)/t16-/m0/s1. The summed E-state index contributed by atoms with van der Waals surface area (Å²) >= 11 is 1.72. The van der Waals surface area contributed by atoms with Crippen molar-refractivity contribution in [3.8, 4) is 0 Å². The Balaban J connectivity index is 1.67. The lowest BCUT2D eigenvalue weighted by molar-refractivity contribution is -0.122. The van der Waals surface area contributed by atoms with Crippen LogP contribution in [0.4, 0.5) is 0 Å². The summed E-state index contributed by atoms with van der Waals surface area (Å²) in [5.74, 6) is 0.751. The number of amides is 1. The monoisotopic (exact) mass is 300 g/mol. The molecule has 0 spiro atoms.